The molecule has 0 bridgehead atoms. The zero-order valence-electron chi connectivity index (χ0n) is 30.5. The molecule has 7 N–H and O–H groups in total. The predicted octanol–water partition coefficient (Wildman–Crippen LogP) is -2.71. The summed E-state index contributed by atoms with van der Waals surface area (Å²) in [7, 11) is 0. The number of hydroxylamine groups is 2. The third kappa shape index (κ3) is 11.6. The van der Waals surface area contributed by atoms with Crippen molar-refractivity contribution in [3.8, 4) is 0 Å². The normalized spacial score (nSPS) is 35.3. The molecule has 0 aliphatic carbocycles. The largest absolute Gasteiger partial charge is 0.390 e. The third-order valence-electron chi connectivity index (χ3n) is 10.4. The van der Waals surface area contributed by atoms with Crippen LogP contribution in [0.25, 0.3) is 0 Å². The van der Waals surface area contributed by atoms with E-state index in [-0.39, 0.29) is 70.0 Å². The number of aliphatic hydroxyl groups is 5. The smallest absolute Gasteiger partial charge is 0.333 e. The van der Waals surface area contributed by atoms with Crippen LogP contribution < -0.4 is 10.6 Å². The summed E-state index contributed by atoms with van der Waals surface area (Å²) in [5.41, 5.74) is 0. The van der Waals surface area contributed by atoms with E-state index in [4.69, 9.17) is 23.8 Å². The van der Waals surface area contributed by atoms with E-state index < -0.39 is 84.7 Å². The van der Waals surface area contributed by atoms with Crippen LogP contribution in [0, 0.1) is 17.8 Å². The summed E-state index contributed by atoms with van der Waals surface area (Å²) in [5, 5.41) is 56.8. The van der Waals surface area contributed by atoms with Crippen LogP contribution in [-0.2, 0) is 47.8 Å². The van der Waals surface area contributed by atoms with E-state index in [1.54, 1.807) is 13.8 Å². The second-order valence-electron chi connectivity index (χ2n) is 14.2. The Kier molecular flexibility index (Phi) is 16.3. The second kappa shape index (κ2) is 20.2. The number of carbonyl (C=O) groups is 5. The molecule has 4 aliphatic heterocycles. The van der Waals surface area contributed by atoms with Crippen molar-refractivity contribution >= 4 is 29.6 Å². The van der Waals surface area contributed by atoms with Gasteiger partial charge in [-0.1, -0.05) is 13.3 Å². The number of carbonyl (C=O) groups excluding carboxylic acids is 5. The average Bonchev–Trinajstić information content (AvgIpc) is 3.45. The Hall–Kier alpha value is -2.85. The highest BCUT2D eigenvalue weighted by Crippen LogP contribution is 2.27. The molecule has 0 saturated carbocycles. The van der Waals surface area contributed by atoms with Crippen molar-refractivity contribution in [2.45, 2.75) is 121 Å². The number of amides is 4. The lowest BCUT2D eigenvalue weighted by Crippen LogP contribution is -2.57. The molecule has 4 rings (SSSR count). The van der Waals surface area contributed by atoms with Crippen LogP contribution in [-0.4, -0.2) is 166 Å². The van der Waals surface area contributed by atoms with Gasteiger partial charge >= 0.3 is 5.97 Å². The molecule has 302 valence electrons. The summed E-state index contributed by atoms with van der Waals surface area (Å²) < 4.78 is 22.2. The number of aliphatic hydroxyl groups excluding tert-OH is 5. The topological polar surface area (TPSA) is 263 Å². The van der Waals surface area contributed by atoms with Gasteiger partial charge in [0.2, 0.25) is 11.8 Å². The van der Waals surface area contributed by atoms with Crippen LogP contribution >= 0.6 is 0 Å². The Morgan fingerprint density at radius 3 is 1.92 bits per heavy atom. The van der Waals surface area contributed by atoms with E-state index in [1.165, 1.54) is 6.92 Å². The van der Waals surface area contributed by atoms with Gasteiger partial charge in [0.15, 0.2) is 12.6 Å². The maximum atomic E-state index is 13.5. The second-order valence-corrected chi connectivity index (χ2v) is 14.2. The molecule has 0 aromatic carbocycles. The molecule has 4 heterocycles. The highest BCUT2D eigenvalue weighted by atomic mass is 16.7. The molecule has 0 aromatic rings. The molecule has 19 heteroatoms. The zero-order chi connectivity index (χ0) is 38.8. The number of nitrogens with zero attached hydrogens (tertiary/aromatic N) is 2. The van der Waals surface area contributed by atoms with Crippen molar-refractivity contribution in [3.63, 3.8) is 0 Å². The highest BCUT2D eigenvalue weighted by Gasteiger charge is 2.43. The van der Waals surface area contributed by atoms with Crippen molar-refractivity contribution in [2.24, 2.45) is 17.8 Å². The number of imide groups is 1. The molecule has 0 spiro atoms. The van der Waals surface area contributed by atoms with Crippen molar-refractivity contribution in [2.75, 3.05) is 45.9 Å². The summed E-state index contributed by atoms with van der Waals surface area (Å²) in [4.78, 5) is 69.3. The standard InChI is InChI=1S/C34H56N4O15/c1-18-19(2)51-33(29(45)26(18)42)49-15-11-35-31(47)21-10-14-37(13-6-4-5-7-25(41)53-38-23(39)8-9-24(38)40)17-22(21)32(48)36-12-16-50-34-30(46)28(44)27(43)20(3)52-34/h18-22,26-30,33-34,42-46H,4-17H2,1-3H3,(H,35,47)(H,36,48)/t18-,19+,20+,21?,22+,26-,27-,28-,29+,30+,33-,34-/m1/s1. The van der Waals surface area contributed by atoms with Gasteiger partial charge in [0.05, 0.1) is 43.4 Å². The number of unbranched alkanes of at least 4 members (excludes halogenated alkanes) is 2. The van der Waals surface area contributed by atoms with Crippen LogP contribution in [0.5, 0.6) is 0 Å². The van der Waals surface area contributed by atoms with Crippen molar-refractivity contribution in [1.29, 1.82) is 0 Å². The number of hydrogen-bond donors (Lipinski definition) is 7. The first-order chi connectivity index (χ1) is 25.2. The highest BCUT2D eigenvalue weighted by molar-refractivity contribution is 6.01. The van der Waals surface area contributed by atoms with Crippen LogP contribution in [0.15, 0.2) is 0 Å². The molecule has 4 fully saturated rings. The van der Waals surface area contributed by atoms with Gasteiger partial charge in [-0.25, -0.2) is 4.79 Å². The van der Waals surface area contributed by atoms with E-state index in [2.05, 4.69) is 15.5 Å². The van der Waals surface area contributed by atoms with E-state index in [0.29, 0.717) is 43.8 Å². The van der Waals surface area contributed by atoms with Crippen molar-refractivity contribution < 1.29 is 73.3 Å². The van der Waals surface area contributed by atoms with Crippen LogP contribution in [0.2, 0.25) is 0 Å². The number of piperidine rings is 1. The molecule has 0 aromatic heterocycles. The number of nitrogens with one attached hydrogen (secondary N) is 2. The van der Waals surface area contributed by atoms with E-state index in [0.717, 1.165) is 0 Å². The van der Waals surface area contributed by atoms with Gasteiger partial charge in [0, 0.05) is 44.8 Å². The van der Waals surface area contributed by atoms with E-state index in [9.17, 15) is 49.5 Å². The minimum Gasteiger partial charge on any atom is -0.390 e. The molecule has 12 atom stereocenters. The first-order valence-corrected chi connectivity index (χ1v) is 18.5. The fourth-order valence-electron chi connectivity index (χ4n) is 6.80. The molecule has 1 unspecified atom stereocenters. The number of rotatable bonds is 17. The summed E-state index contributed by atoms with van der Waals surface area (Å²) in [6.07, 6.45) is -7.68. The lowest BCUT2D eigenvalue weighted by molar-refractivity contribution is -0.292. The molecule has 53 heavy (non-hydrogen) atoms. The first kappa shape index (κ1) is 42.9. The molecule has 0 radical (unpaired) electrons. The zero-order valence-corrected chi connectivity index (χ0v) is 30.5. The predicted molar refractivity (Wildman–Crippen MR) is 179 cm³/mol. The van der Waals surface area contributed by atoms with Gasteiger partial charge in [-0.3, -0.25) is 19.2 Å². The molecular weight excluding hydrogens is 704 g/mol. The fraction of sp³-hybridized carbons (Fsp3) is 0.853. The van der Waals surface area contributed by atoms with Crippen LogP contribution in [0.1, 0.15) is 65.7 Å². The van der Waals surface area contributed by atoms with Gasteiger partial charge in [0.25, 0.3) is 11.8 Å². The minimum atomic E-state index is -1.49. The Bertz CT molecular complexity index is 1240. The Morgan fingerprint density at radius 1 is 0.736 bits per heavy atom. The van der Waals surface area contributed by atoms with Gasteiger partial charge in [0.1, 0.15) is 24.4 Å². The minimum absolute atomic E-state index is 0.00798. The molecule has 4 saturated heterocycles. The van der Waals surface area contributed by atoms with Gasteiger partial charge in [-0.15, -0.1) is 5.06 Å². The van der Waals surface area contributed by atoms with Gasteiger partial charge < -0.3 is 64.9 Å². The number of likely N-dealkylation sites (tertiary alicyclic amines) is 1. The van der Waals surface area contributed by atoms with Crippen molar-refractivity contribution in [1.82, 2.24) is 20.6 Å². The molecule has 19 nitrogen and oxygen atoms in total. The quantitative estimate of drug-likeness (QED) is 0.0587. The molecule has 4 amide bonds. The third-order valence-corrected chi connectivity index (χ3v) is 10.4. The number of ether oxygens (including phenoxy) is 4. The Balaban J connectivity index is 1.24. The summed E-state index contributed by atoms with van der Waals surface area (Å²) in [6.45, 7) is 6.42. The molecular formula is C34H56N4O15. The SMILES string of the molecule is C[C@H]1[C@@H](O)[C@H](O)[C@H](OCCNC(=O)C2CCN(CCCCCC(=O)ON3C(=O)CCC3=O)C[C@@H]2C(=O)NCCO[C@@H]2O[C@@H](C)[C@@H](O)[C@@H](O)[C@@H]2O)O[C@H]1C. The Morgan fingerprint density at radius 2 is 1.30 bits per heavy atom. The maximum Gasteiger partial charge on any atom is 0.333 e. The van der Waals surface area contributed by atoms with Gasteiger partial charge in [-0.2, -0.15) is 0 Å². The summed E-state index contributed by atoms with van der Waals surface area (Å²) in [5.74, 6) is -4.20. The average molecular weight is 761 g/mol. The summed E-state index contributed by atoms with van der Waals surface area (Å²) in [6, 6.07) is 0. The Labute approximate surface area is 308 Å². The van der Waals surface area contributed by atoms with Crippen LogP contribution in [0.4, 0.5) is 0 Å². The number of hydrogen-bond acceptors (Lipinski definition) is 16. The lowest BCUT2D eigenvalue weighted by Gasteiger charge is -2.40. The van der Waals surface area contributed by atoms with Crippen molar-refractivity contribution in [3.05, 3.63) is 0 Å². The summed E-state index contributed by atoms with van der Waals surface area (Å²) >= 11 is 0. The monoisotopic (exact) mass is 760 g/mol. The van der Waals surface area contributed by atoms with Gasteiger partial charge in [-0.05, 0) is 46.2 Å². The van der Waals surface area contributed by atoms with E-state index >= 15 is 0 Å². The fourth-order valence-corrected chi connectivity index (χ4v) is 6.80. The molecule has 4 aliphatic rings. The maximum absolute atomic E-state index is 13.5. The lowest BCUT2D eigenvalue weighted by atomic mass is 9.83. The van der Waals surface area contributed by atoms with E-state index in [1.807, 2.05) is 0 Å². The first-order valence-electron chi connectivity index (χ1n) is 18.5. The van der Waals surface area contributed by atoms with Crippen LogP contribution in [0.3, 0.4) is 0 Å².